The standard InChI is InChI=1S/C10H17FN4/c1-10(2,3)4-6(12)5(11)8(14)9(15)7(4)13/h12-15H2,1-3H3. The van der Waals surface area contributed by atoms with Crippen LogP contribution in [0.15, 0.2) is 0 Å². The van der Waals surface area contributed by atoms with Gasteiger partial charge in [-0.3, -0.25) is 0 Å². The van der Waals surface area contributed by atoms with Gasteiger partial charge in [0.05, 0.1) is 22.7 Å². The van der Waals surface area contributed by atoms with Crippen LogP contribution < -0.4 is 22.9 Å². The smallest absolute Gasteiger partial charge is 0.171 e. The van der Waals surface area contributed by atoms with Gasteiger partial charge in [0.15, 0.2) is 5.82 Å². The molecule has 0 radical (unpaired) electrons. The van der Waals surface area contributed by atoms with Gasteiger partial charge in [0, 0.05) is 5.56 Å². The maximum absolute atomic E-state index is 13.6. The molecule has 0 saturated heterocycles. The van der Waals surface area contributed by atoms with Crippen molar-refractivity contribution in [2.75, 3.05) is 22.9 Å². The molecule has 0 heterocycles. The van der Waals surface area contributed by atoms with E-state index in [9.17, 15) is 4.39 Å². The fraction of sp³-hybridized carbons (Fsp3) is 0.400. The average Bonchev–Trinajstić information content (AvgIpc) is 2.09. The SMILES string of the molecule is CC(C)(C)c1c(N)c(N)c(N)c(F)c1N. The number of nitrogen functional groups attached to an aromatic ring is 4. The fourth-order valence-corrected chi connectivity index (χ4v) is 1.61. The molecule has 0 atom stereocenters. The molecule has 84 valence electrons. The zero-order valence-electron chi connectivity index (χ0n) is 9.19. The highest BCUT2D eigenvalue weighted by Gasteiger charge is 2.26. The minimum Gasteiger partial charge on any atom is -0.397 e. The fourth-order valence-electron chi connectivity index (χ4n) is 1.61. The van der Waals surface area contributed by atoms with Gasteiger partial charge in [0.25, 0.3) is 0 Å². The largest absolute Gasteiger partial charge is 0.397 e. The van der Waals surface area contributed by atoms with E-state index in [1.165, 1.54) is 0 Å². The molecule has 0 aliphatic rings. The van der Waals surface area contributed by atoms with Crippen molar-refractivity contribution in [2.24, 2.45) is 0 Å². The Bertz CT molecular complexity index is 378. The first-order valence-electron chi connectivity index (χ1n) is 4.59. The van der Waals surface area contributed by atoms with Crippen LogP contribution in [-0.4, -0.2) is 0 Å². The first-order chi connectivity index (χ1) is 6.68. The Labute approximate surface area is 88.4 Å². The molecule has 0 amide bonds. The molecule has 4 nitrogen and oxygen atoms in total. The number of benzene rings is 1. The average molecular weight is 212 g/mol. The van der Waals surface area contributed by atoms with Crippen molar-refractivity contribution in [1.82, 2.24) is 0 Å². The third kappa shape index (κ3) is 1.65. The van der Waals surface area contributed by atoms with Crippen LogP contribution in [0.1, 0.15) is 26.3 Å². The summed E-state index contributed by atoms with van der Waals surface area (Å²) in [6, 6.07) is 0. The summed E-state index contributed by atoms with van der Waals surface area (Å²) in [6.45, 7) is 5.64. The van der Waals surface area contributed by atoms with E-state index in [1.54, 1.807) is 0 Å². The Morgan fingerprint density at radius 1 is 0.800 bits per heavy atom. The van der Waals surface area contributed by atoms with Crippen LogP contribution in [0, 0.1) is 5.82 Å². The normalized spacial score (nSPS) is 11.7. The highest BCUT2D eigenvalue weighted by atomic mass is 19.1. The van der Waals surface area contributed by atoms with Crippen LogP contribution in [0.2, 0.25) is 0 Å². The van der Waals surface area contributed by atoms with Gasteiger partial charge in [-0.1, -0.05) is 20.8 Å². The van der Waals surface area contributed by atoms with Gasteiger partial charge in [-0.15, -0.1) is 0 Å². The summed E-state index contributed by atoms with van der Waals surface area (Å²) in [5, 5.41) is 0. The topological polar surface area (TPSA) is 104 Å². The summed E-state index contributed by atoms with van der Waals surface area (Å²) >= 11 is 0. The summed E-state index contributed by atoms with van der Waals surface area (Å²) in [7, 11) is 0. The lowest BCUT2D eigenvalue weighted by atomic mass is 9.83. The molecule has 0 aliphatic heterocycles. The summed E-state index contributed by atoms with van der Waals surface area (Å²) in [4.78, 5) is 0. The lowest BCUT2D eigenvalue weighted by Gasteiger charge is -2.25. The quantitative estimate of drug-likeness (QED) is 0.488. The van der Waals surface area contributed by atoms with Crippen LogP contribution in [-0.2, 0) is 5.41 Å². The maximum Gasteiger partial charge on any atom is 0.171 e. The van der Waals surface area contributed by atoms with Gasteiger partial charge in [-0.25, -0.2) is 4.39 Å². The molecule has 15 heavy (non-hydrogen) atoms. The molecule has 5 heteroatoms. The Hall–Kier alpha value is -1.65. The molecular formula is C10H17FN4. The van der Waals surface area contributed by atoms with Crippen LogP contribution >= 0.6 is 0 Å². The van der Waals surface area contributed by atoms with E-state index in [0.29, 0.717) is 5.56 Å². The van der Waals surface area contributed by atoms with Gasteiger partial charge < -0.3 is 22.9 Å². The molecule has 0 aliphatic carbocycles. The second-order valence-corrected chi connectivity index (χ2v) is 4.59. The van der Waals surface area contributed by atoms with E-state index in [1.807, 2.05) is 20.8 Å². The Morgan fingerprint density at radius 3 is 1.67 bits per heavy atom. The molecule has 0 fully saturated rings. The maximum atomic E-state index is 13.6. The number of hydrogen-bond acceptors (Lipinski definition) is 4. The van der Waals surface area contributed by atoms with Crippen molar-refractivity contribution in [3.05, 3.63) is 11.4 Å². The Morgan fingerprint density at radius 2 is 1.27 bits per heavy atom. The lowest BCUT2D eigenvalue weighted by Crippen LogP contribution is -2.20. The summed E-state index contributed by atoms with van der Waals surface area (Å²) in [5.74, 6) is -0.688. The molecular weight excluding hydrogens is 195 g/mol. The minimum absolute atomic E-state index is 0.0216. The van der Waals surface area contributed by atoms with Gasteiger partial charge in [-0.2, -0.15) is 0 Å². The second-order valence-electron chi connectivity index (χ2n) is 4.59. The van der Waals surface area contributed by atoms with Crippen LogP contribution in [0.25, 0.3) is 0 Å². The molecule has 0 aromatic heterocycles. The van der Waals surface area contributed by atoms with Gasteiger partial charge in [0.2, 0.25) is 0 Å². The van der Waals surface area contributed by atoms with Crippen molar-refractivity contribution < 1.29 is 4.39 Å². The van der Waals surface area contributed by atoms with Crippen molar-refractivity contribution in [3.8, 4) is 0 Å². The Kier molecular flexibility index (Phi) is 2.43. The Balaban J connectivity index is 3.68. The van der Waals surface area contributed by atoms with Crippen molar-refractivity contribution in [1.29, 1.82) is 0 Å². The zero-order chi connectivity index (χ0) is 12.0. The monoisotopic (exact) mass is 212 g/mol. The summed E-state index contributed by atoms with van der Waals surface area (Å²) in [5.41, 5.74) is 22.7. The molecule has 8 N–H and O–H groups in total. The first kappa shape index (κ1) is 11.4. The molecule has 0 saturated carbocycles. The molecule has 1 aromatic carbocycles. The highest BCUT2D eigenvalue weighted by Crippen LogP contribution is 2.41. The predicted molar refractivity (Wildman–Crippen MR) is 62.7 cm³/mol. The first-order valence-corrected chi connectivity index (χ1v) is 4.59. The third-order valence-corrected chi connectivity index (χ3v) is 2.34. The molecule has 1 aromatic rings. The van der Waals surface area contributed by atoms with E-state index in [2.05, 4.69) is 0 Å². The predicted octanol–water partition coefficient (Wildman–Crippen LogP) is 1.45. The van der Waals surface area contributed by atoms with Gasteiger partial charge in [-0.05, 0) is 5.41 Å². The molecule has 0 bridgehead atoms. The van der Waals surface area contributed by atoms with Crippen LogP contribution in [0.3, 0.4) is 0 Å². The number of halogens is 1. The van der Waals surface area contributed by atoms with E-state index < -0.39 is 5.82 Å². The molecule has 0 spiro atoms. The van der Waals surface area contributed by atoms with Crippen LogP contribution in [0.5, 0.6) is 0 Å². The third-order valence-electron chi connectivity index (χ3n) is 2.34. The zero-order valence-corrected chi connectivity index (χ0v) is 9.19. The lowest BCUT2D eigenvalue weighted by molar-refractivity contribution is 0.581. The van der Waals surface area contributed by atoms with Crippen LogP contribution in [0.4, 0.5) is 27.1 Å². The second kappa shape index (κ2) is 3.18. The van der Waals surface area contributed by atoms with Crippen molar-refractivity contribution >= 4 is 22.7 Å². The number of anilines is 4. The van der Waals surface area contributed by atoms with Gasteiger partial charge >= 0.3 is 0 Å². The van der Waals surface area contributed by atoms with E-state index in [4.69, 9.17) is 22.9 Å². The summed E-state index contributed by atoms with van der Waals surface area (Å²) < 4.78 is 13.6. The number of nitrogens with two attached hydrogens (primary N) is 4. The van der Waals surface area contributed by atoms with Crippen molar-refractivity contribution in [3.63, 3.8) is 0 Å². The minimum atomic E-state index is -0.688. The summed E-state index contributed by atoms with van der Waals surface area (Å²) in [6.07, 6.45) is 0. The van der Waals surface area contributed by atoms with E-state index >= 15 is 0 Å². The number of hydrogen-bond donors (Lipinski definition) is 4. The van der Waals surface area contributed by atoms with Crippen molar-refractivity contribution in [2.45, 2.75) is 26.2 Å². The van der Waals surface area contributed by atoms with E-state index in [0.717, 1.165) is 0 Å². The molecule has 0 unspecified atom stereocenters. The molecule has 1 rings (SSSR count). The van der Waals surface area contributed by atoms with E-state index in [-0.39, 0.29) is 28.2 Å². The van der Waals surface area contributed by atoms with Gasteiger partial charge in [0.1, 0.15) is 0 Å². The highest BCUT2D eigenvalue weighted by molar-refractivity contribution is 5.86. The number of rotatable bonds is 0.